The zero-order valence-corrected chi connectivity index (χ0v) is 10.5. The van der Waals surface area contributed by atoms with E-state index in [9.17, 15) is 9.59 Å². The molecule has 6 nitrogen and oxygen atoms in total. The van der Waals surface area contributed by atoms with Gasteiger partial charge < -0.3 is 19.5 Å². The highest BCUT2D eigenvalue weighted by atomic mass is 16.5. The zero-order valence-electron chi connectivity index (χ0n) is 10.5. The molecule has 0 bridgehead atoms. The molecule has 3 atom stereocenters. The summed E-state index contributed by atoms with van der Waals surface area (Å²) in [7, 11) is 0. The number of hydrogen-bond donors (Lipinski definition) is 1. The first-order chi connectivity index (χ1) is 8.58. The molecule has 0 saturated carbocycles. The molecule has 18 heavy (non-hydrogen) atoms. The van der Waals surface area contributed by atoms with Crippen molar-refractivity contribution in [1.82, 2.24) is 4.90 Å². The second-order valence-electron chi connectivity index (χ2n) is 4.85. The van der Waals surface area contributed by atoms with Crippen LogP contribution in [0.2, 0.25) is 0 Å². The smallest absolute Gasteiger partial charge is 0.332 e. The molecule has 2 heterocycles. The zero-order chi connectivity index (χ0) is 13.1. The fourth-order valence-corrected chi connectivity index (χ4v) is 2.40. The van der Waals surface area contributed by atoms with Gasteiger partial charge in [-0.2, -0.15) is 0 Å². The van der Waals surface area contributed by atoms with E-state index in [2.05, 4.69) is 0 Å². The van der Waals surface area contributed by atoms with Gasteiger partial charge in [-0.1, -0.05) is 0 Å². The Bertz CT molecular complexity index is 332. The Labute approximate surface area is 106 Å². The van der Waals surface area contributed by atoms with Crippen molar-refractivity contribution >= 4 is 11.9 Å². The first kappa shape index (κ1) is 13.3. The van der Waals surface area contributed by atoms with Crippen molar-refractivity contribution in [2.75, 3.05) is 19.7 Å². The highest BCUT2D eigenvalue weighted by molar-refractivity contribution is 5.82. The van der Waals surface area contributed by atoms with Crippen LogP contribution in [0.5, 0.6) is 0 Å². The molecule has 2 rings (SSSR count). The Morgan fingerprint density at radius 1 is 1.28 bits per heavy atom. The van der Waals surface area contributed by atoms with Crippen LogP contribution in [0.3, 0.4) is 0 Å². The quantitative estimate of drug-likeness (QED) is 0.767. The van der Waals surface area contributed by atoms with Gasteiger partial charge in [0.1, 0.15) is 6.10 Å². The highest BCUT2D eigenvalue weighted by Crippen LogP contribution is 2.22. The fourth-order valence-electron chi connectivity index (χ4n) is 2.40. The van der Waals surface area contributed by atoms with E-state index in [-0.39, 0.29) is 12.0 Å². The Hall–Kier alpha value is -1.14. The minimum atomic E-state index is -0.988. The first-order valence-corrected chi connectivity index (χ1v) is 6.36. The molecular weight excluding hydrogens is 238 g/mol. The highest BCUT2D eigenvalue weighted by Gasteiger charge is 2.37. The van der Waals surface area contributed by atoms with Crippen molar-refractivity contribution in [3.63, 3.8) is 0 Å². The number of carbonyl (C=O) groups excluding carboxylic acids is 1. The molecule has 0 aromatic rings. The maximum Gasteiger partial charge on any atom is 0.332 e. The molecule has 0 aromatic carbocycles. The lowest BCUT2D eigenvalue weighted by molar-refractivity contribution is -0.155. The van der Waals surface area contributed by atoms with Gasteiger partial charge in [-0.15, -0.1) is 0 Å². The Morgan fingerprint density at radius 2 is 2.00 bits per heavy atom. The molecule has 0 spiro atoms. The monoisotopic (exact) mass is 257 g/mol. The first-order valence-electron chi connectivity index (χ1n) is 6.36. The Morgan fingerprint density at radius 3 is 2.67 bits per heavy atom. The third-order valence-corrected chi connectivity index (χ3v) is 3.33. The Kier molecular flexibility index (Phi) is 4.19. The molecule has 3 unspecified atom stereocenters. The predicted octanol–water partition coefficient (Wildman–Crippen LogP) is 0.256. The summed E-state index contributed by atoms with van der Waals surface area (Å²) in [6.45, 7) is 3.80. The lowest BCUT2D eigenvalue weighted by Gasteiger charge is -2.25. The van der Waals surface area contributed by atoms with Crippen molar-refractivity contribution in [2.45, 2.75) is 44.5 Å². The number of amides is 1. The van der Waals surface area contributed by atoms with Crippen molar-refractivity contribution in [1.29, 1.82) is 0 Å². The third-order valence-electron chi connectivity index (χ3n) is 3.33. The van der Waals surface area contributed by atoms with E-state index in [1.54, 1.807) is 4.90 Å². The number of carbonyl (C=O) groups is 2. The van der Waals surface area contributed by atoms with E-state index >= 15 is 0 Å². The second-order valence-corrected chi connectivity index (χ2v) is 4.85. The minimum Gasteiger partial charge on any atom is -0.479 e. The van der Waals surface area contributed by atoms with Gasteiger partial charge in [0.2, 0.25) is 0 Å². The predicted molar refractivity (Wildman–Crippen MR) is 62.1 cm³/mol. The second kappa shape index (κ2) is 5.67. The van der Waals surface area contributed by atoms with Crippen molar-refractivity contribution in [2.24, 2.45) is 0 Å². The Balaban J connectivity index is 1.92. The number of aliphatic carboxylic acids is 1. The molecule has 0 aliphatic carbocycles. The van der Waals surface area contributed by atoms with Crippen LogP contribution in [0, 0.1) is 0 Å². The molecular formula is C12H19NO5. The van der Waals surface area contributed by atoms with Crippen LogP contribution >= 0.6 is 0 Å². The van der Waals surface area contributed by atoms with Gasteiger partial charge in [0, 0.05) is 19.7 Å². The van der Waals surface area contributed by atoms with Gasteiger partial charge in [0.15, 0.2) is 6.10 Å². The molecule has 0 aromatic heterocycles. The minimum absolute atomic E-state index is 0.0214. The summed E-state index contributed by atoms with van der Waals surface area (Å²) in [6, 6.07) is 0. The molecule has 6 heteroatoms. The fraction of sp³-hybridized carbons (Fsp3) is 0.833. The number of nitrogens with zero attached hydrogens (tertiary/aromatic N) is 1. The van der Waals surface area contributed by atoms with Crippen LogP contribution in [0.1, 0.15) is 26.2 Å². The number of ether oxygens (including phenoxy) is 2. The molecule has 0 radical (unpaired) electrons. The molecule has 2 aliphatic heterocycles. The van der Waals surface area contributed by atoms with E-state index in [0.717, 1.165) is 6.42 Å². The summed E-state index contributed by atoms with van der Waals surface area (Å²) >= 11 is 0. The van der Waals surface area contributed by atoms with Gasteiger partial charge in [-0.3, -0.25) is 4.79 Å². The SMILES string of the molecule is CC1CN(C(=O)C2CCC(C(=O)O)O2)CCCO1. The summed E-state index contributed by atoms with van der Waals surface area (Å²) < 4.78 is 10.8. The van der Waals surface area contributed by atoms with Crippen molar-refractivity contribution < 1.29 is 24.2 Å². The summed E-state index contributed by atoms with van der Waals surface area (Å²) in [6.07, 6.45) is 0.294. The van der Waals surface area contributed by atoms with E-state index < -0.39 is 18.2 Å². The average molecular weight is 257 g/mol. The summed E-state index contributed by atoms with van der Waals surface area (Å²) in [5.41, 5.74) is 0. The number of carboxylic acid groups (broad SMARTS) is 1. The van der Waals surface area contributed by atoms with Crippen LogP contribution in [0.25, 0.3) is 0 Å². The molecule has 2 saturated heterocycles. The number of hydrogen-bond acceptors (Lipinski definition) is 4. The lowest BCUT2D eigenvalue weighted by Crippen LogP contribution is -2.42. The summed E-state index contributed by atoms with van der Waals surface area (Å²) in [4.78, 5) is 24.7. The molecule has 1 N–H and O–H groups in total. The maximum atomic E-state index is 12.2. The van der Waals surface area contributed by atoms with E-state index in [1.165, 1.54) is 0 Å². The van der Waals surface area contributed by atoms with Crippen LogP contribution < -0.4 is 0 Å². The van der Waals surface area contributed by atoms with Gasteiger partial charge >= 0.3 is 5.97 Å². The molecule has 1 amide bonds. The van der Waals surface area contributed by atoms with Crippen LogP contribution in [0.4, 0.5) is 0 Å². The maximum absolute atomic E-state index is 12.2. The third kappa shape index (κ3) is 3.00. The van der Waals surface area contributed by atoms with Gasteiger partial charge in [0.05, 0.1) is 6.10 Å². The van der Waals surface area contributed by atoms with E-state index in [4.69, 9.17) is 14.6 Å². The standard InChI is InChI=1S/C12H19NO5/c1-8-7-13(5-2-6-17-8)11(14)9-3-4-10(18-9)12(15)16/h8-10H,2-7H2,1H3,(H,15,16). The lowest BCUT2D eigenvalue weighted by atomic mass is 10.1. The van der Waals surface area contributed by atoms with E-state index in [1.807, 2.05) is 6.92 Å². The van der Waals surface area contributed by atoms with Crippen LogP contribution in [-0.4, -0.2) is 59.9 Å². The van der Waals surface area contributed by atoms with Crippen molar-refractivity contribution in [3.8, 4) is 0 Å². The van der Waals surface area contributed by atoms with Crippen LogP contribution in [-0.2, 0) is 19.1 Å². The summed E-state index contributed by atoms with van der Waals surface area (Å²) in [5, 5.41) is 8.84. The molecule has 2 fully saturated rings. The van der Waals surface area contributed by atoms with Gasteiger partial charge in [-0.05, 0) is 26.2 Å². The normalized spacial score (nSPS) is 33.2. The molecule has 102 valence electrons. The van der Waals surface area contributed by atoms with Crippen molar-refractivity contribution in [3.05, 3.63) is 0 Å². The topological polar surface area (TPSA) is 76.1 Å². The van der Waals surface area contributed by atoms with Gasteiger partial charge in [0.25, 0.3) is 5.91 Å². The van der Waals surface area contributed by atoms with Gasteiger partial charge in [-0.25, -0.2) is 4.79 Å². The van der Waals surface area contributed by atoms with Crippen LogP contribution in [0.15, 0.2) is 0 Å². The number of carboxylic acids is 1. The molecule has 2 aliphatic rings. The summed E-state index contributed by atoms with van der Waals surface area (Å²) in [5.74, 6) is -1.09. The largest absolute Gasteiger partial charge is 0.479 e. The average Bonchev–Trinajstić information content (AvgIpc) is 2.72. The number of rotatable bonds is 2. The van der Waals surface area contributed by atoms with E-state index in [0.29, 0.717) is 32.5 Å².